The Morgan fingerprint density at radius 3 is 2.69 bits per heavy atom. The Labute approximate surface area is 96.0 Å². The van der Waals surface area contributed by atoms with Crippen LogP contribution in [0, 0.1) is 0 Å². The minimum atomic E-state index is -1.71. The molecule has 0 aliphatic carbocycles. The van der Waals surface area contributed by atoms with Crippen LogP contribution in [0.25, 0.3) is 10.9 Å². The molecule has 0 aliphatic rings. The van der Waals surface area contributed by atoms with Crippen molar-refractivity contribution in [2.45, 2.75) is 0 Å². The molecule has 16 heavy (non-hydrogen) atoms. The smallest absolute Gasteiger partial charge is 0.210 e. The lowest BCUT2D eigenvalue weighted by molar-refractivity contribution is -0.296. The number of halogens is 1. The van der Waals surface area contributed by atoms with E-state index >= 15 is 0 Å². The number of hydrogen-bond donors (Lipinski definition) is 0. The molecular formula is C11H7ClNO3-. The van der Waals surface area contributed by atoms with Gasteiger partial charge in [-0.25, -0.2) is 0 Å². The lowest BCUT2D eigenvalue weighted by Crippen LogP contribution is -2.31. The van der Waals surface area contributed by atoms with E-state index in [4.69, 9.17) is 11.6 Å². The maximum absolute atomic E-state index is 11.3. The van der Waals surface area contributed by atoms with Crippen molar-refractivity contribution >= 4 is 34.3 Å². The Balaban J connectivity index is 2.73. The molecule has 0 amide bonds. The SMILES string of the molecule is Cn1cc(C(=O)C(=O)[O-])c2ccc(Cl)cc21. The predicted molar refractivity (Wildman–Crippen MR) is 57.3 cm³/mol. The lowest BCUT2D eigenvalue weighted by Gasteiger charge is -1.99. The Kier molecular flexibility index (Phi) is 2.44. The van der Waals surface area contributed by atoms with Crippen LogP contribution in [0.3, 0.4) is 0 Å². The molecule has 0 N–H and O–H groups in total. The highest BCUT2D eigenvalue weighted by atomic mass is 35.5. The van der Waals surface area contributed by atoms with Gasteiger partial charge in [0, 0.05) is 34.7 Å². The lowest BCUT2D eigenvalue weighted by atomic mass is 10.1. The van der Waals surface area contributed by atoms with Crippen LogP contribution < -0.4 is 5.11 Å². The van der Waals surface area contributed by atoms with Gasteiger partial charge in [-0.2, -0.15) is 0 Å². The largest absolute Gasteiger partial charge is 0.541 e. The van der Waals surface area contributed by atoms with Crippen molar-refractivity contribution in [3.8, 4) is 0 Å². The summed E-state index contributed by atoms with van der Waals surface area (Å²) in [6, 6.07) is 4.90. The average molecular weight is 237 g/mol. The summed E-state index contributed by atoms with van der Waals surface area (Å²) in [4.78, 5) is 21.9. The number of hydrogen-bond acceptors (Lipinski definition) is 3. The maximum atomic E-state index is 11.3. The number of fused-ring (bicyclic) bond motifs is 1. The van der Waals surface area contributed by atoms with Crippen molar-refractivity contribution in [3.63, 3.8) is 0 Å². The number of benzene rings is 1. The number of ketones is 1. The summed E-state index contributed by atoms with van der Waals surface area (Å²) in [6.07, 6.45) is 1.46. The second kappa shape index (κ2) is 3.64. The Bertz CT molecular complexity index is 601. The minimum absolute atomic E-state index is 0.120. The summed E-state index contributed by atoms with van der Waals surface area (Å²) < 4.78 is 1.65. The van der Waals surface area contributed by atoms with Crippen LogP contribution in [0.1, 0.15) is 10.4 Å². The highest BCUT2D eigenvalue weighted by Crippen LogP contribution is 2.24. The zero-order chi connectivity index (χ0) is 11.9. The fourth-order valence-electron chi connectivity index (χ4n) is 1.65. The molecule has 0 radical (unpaired) electrons. The molecular weight excluding hydrogens is 230 g/mol. The first-order valence-electron chi connectivity index (χ1n) is 4.51. The Hall–Kier alpha value is -1.81. The first-order chi connectivity index (χ1) is 7.50. The van der Waals surface area contributed by atoms with E-state index in [1.165, 1.54) is 6.20 Å². The zero-order valence-corrected chi connectivity index (χ0v) is 9.12. The molecule has 0 unspecified atom stereocenters. The van der Waals surface area contributed by atoms with E-state index < -0.39 is 11.8 Å². The molecule has 0 bridgehead atoms. The number of carbonyl (C=O) groups is 2. The van der Waals surface area contributed by atoms with E-state index in [2.05, 4.69) is 0 Å². The molecule has 82 valence electrons. The van der Waals surface area contributed by atoms with Gasteiger partial charge in [0.1, 0.15) is 5.97 Å². The molecule has 1 aromatic heterocycles. The molecule has 0 saturated heterocycles. The second-order valence-electron chi connectivity index (χ2n) is 3.43. The monoisotopic (exact) mass is 236 g/mol. The van der Waals surface area contributed by atoms with Crippen LogP contribution in [0.15, 0.2) is 24.4 Å². The fraction of sp³-hybridized carbons (Fsp3) is 0.0909. The fourth-order valence-corrected chi connectivity index (χ4v) is 1.81. The summed E-state index contributed by atoms with van der Waals surface area (Å²) in [5.41, 5.74) is 0.825. The van der Waals surface area contributed by atoms with Crippen LogP contribution in [0.4, 0.5) is 0 Å². The molecule has 2 aromatic rings. The maximum Gasteiger partial charge on any atom is 0.210 e. The van der Waals surface area contributed by atoms with Gasteiger partial charge in [0.15, 0.2) is 0 Å². The van der Waals surface area contributed by atoms with E-state index in [1.54, 1.807) is 29.8 Å². The van der Waals surface area contributed by atoms with Gasteiger partial charge in [0.25, 0.3) is 0 Å². The average Bonchev–Trinajstić information content (AvgIpc) is 2.55. The van der Waals surface area contributed by atoms with Crippen LogP contribution in [-0.2, 0) is 11.8 Å². The number of Topliss-reactive ketones (excluding diaryl/α,β-unsaturated/α-hetero) is 1. The van der Waals surface area contributed by atoms with Gasteiger partial charge in [-0.3, -0.25) is 4.79 Å². The van der Waals surface area contributed by atoms with E-state index in [0.717, 1.165) is 0 Å². The molecule has 5 heteroatoms. The molecule has 0 atom stereocenters. The van der Waals surface area contributed by atoms with Gasteiger partial charge < -0.3 is 14.5 Å². The van der Waals surface area contributed by atoms with Crippen LogP contribution in [-0.4, -0.2) is 16.3 Å². The summed E-state index contributed by atoms with van der Waals surface area (Å²) in [5, 5.41) is 11.6. The summed E-state index contributed by atoms with van der Waals surface area (Å²) in [7, 11) is 1.71. The van der Waals surface area contributed by atoms with Crippen LogP contribution in [0.2, 0.25) is 5.02 Å². The van der Waals surface area contributed by atoms with Crippen molar-refractivity contribution in [3.05, 3.63) is 35.0 Å². The van der Waals surface area contributed by atoms with Crippen molar-refractivity contribution in [1.29, 1.82) is 0 Å². The molecule has 0 aliphatic heterocycles. The number of aliphatic carboxylic acids is 1. The van der Waals surface area contributed by atoms with Gasteiger partial charge in [-0.1, -0.05) is 17.7 Å². The molecule has 1 heterocycles. The van der Waals surface area contributed by atoms with Crippen molar-refractivity contribution < 1.29 is 14.7 Å². The number of aryl methyl sites for hydroxylation is 1. The summed E-state index contributed by atoms with van der Waals surface area (Å²) in [5.74, 6) is -2.73. The standard InChI is InChI=1S/C11H8ClNO3/c1-13-5-8(10(14)11(15)16)7-3-2-6(12)4-9(7)13/h2-5H,1H3,(H,15,16)/p-1. The van der Waals surface area contributed by atoms with E-state index in [9.17, 15) is 14.7 Å². The third-order valence-electron chi connectivity index (χ3n) is 2.38. The van der Waals surface area contributed by atoms with E-state index in [-0.39, 0.29) is 5.56 Å². The summed E-state index contributed by atoms with van der Waals surface area (Å²) in [6.45, 7) is 0. The Morgan fingerprint density at radius 2 is 2.06 bits per heavy atom. The highest BCUT2D eigenvalue weighted by molar-refractivity contribution is 6.41. The van der Waals surface area contributed by atoms with Crippen molar-refractivity contribution in [2.75, 3.05) is 0 Å². The van der Waals surface area contributed by atoms with Crippen molar-refractivity contribution in [2.24, 2.45) is 7.05 Å². The van der Waals surface area contributed by atoms with Gasteiger partial charge in [0.05, 0.1) is 0 Å². The predicted octanol–water partition coefficient (Wildman–Crippen LogP) is 0.764. The molecule has 0 spiro atoms. The first kappa shape index (κ1) is 10.7. The van der Waals surface area contributed by atoms with E-state index in [1.807, 2.05) is 0 Å². The first-order valence-corrected chi connectivity index (χ1v) is 4.89. The third-order valence-corrected chi connectivity index (χ3v) is 2.62. The molecule has 2 rings (SSSR count). The highest BCUT2D eigenvalue weighted by Gasteiger charge is 2.14. The topological polar surface area (TPSA) is 62.1 Å². The number of aromatic nitrogens is 1. The number of carbonyl (C=O) groups excluding carboxylic acids is 2. The van der Waals surface area contributed by atoms with Crippen LogP contribution >= 0.6 is 11.6 Å². The number of carboxylic acids is 1. The molecule has 1 aromatic carbocycles. The zero-order valence-electron chi connectivity index (χ0n) is 8.36. The number of carboxylic acid groups (broad SMARTS) is 1. The quantitative estimate of drug-likeness (QED) is 0.571. The van der Waals surface area contributed by atoms with Gasteiger partial charge in [0.2, 0.25) is 5.78 Å². The van der Waals surface area contributed by atoms with Gasteiger partial charge in [-0.05, 0) is 12.1 Å². The third kappa shape index (κ3) is 1.57. The molecule has 0 fully saturated rings. The molecule has 0 saturated carbocycles. The second-order valence-corrected chi connectivity index (χ2v) is 3.87. The van der Waals surface area contributed by atoms with E-state index in [0.29, 0.717) is 15.9 Å². The Morgan fingerprint density at radius 1 is 1.38 bits per heavy atom. The van der Waals surface area contributed by atoms with Gasteiger partial charge in [-0.15, -0.1) is 0 Å². The van der Waals surface area contributed by atoms with Crippen molar-refractivity contribution in [1.82, 2.24) is 4.57 Å². The van der Waals surface area contributed by atoms with Crippen LogP contribution in [0.5, 0.6) is 0 Å². The minimum Gasteiger partial charge on any atom is -0.541 e. The summed E-state index contributed by atoms with van der Waals surface area (Å²) >= 11 is 5.82. The molecule has 4 nitrogen and oxygen atoms in total. The normalized spacial score (nSPS) is 10.6. The number of rotatable bonds is 2. The number of nitrogens with zero attached hydrogens (tertiary/aromatic N) is 1. The van der Waals surface area contributed by atoms with Gasteiger partial charge >= 0.3 is 0 Å².